The largest absolute Gasteiger partial charge is 0.375 e. The molecule has 1 N–H and O–H groups in total. The summed E-state index contributed by atoms with van der Waals surface area (Å²) in [6, 6.07) is 14.2. The SMILES string of the molecule is COCC(=O)NC(CCN1CC2CN(C(=O)c3c(F)cccc3Cl)CC2C1)c1ccccc1. The van der Waals surface area contributed by atoms with E-state index in [0.717, 1.165) is 31.6 Å². The molecule has 176 valence electrons. The molecule has 8 heteroatoms. The van der Waals surface area contributed by atoms with Crippen LogP contribution < -0.4 is 5.32 Å². The van der Waals surface area contributed by atoms with E-state index in [1.54, 1.807) is 11.0 Å². The van der Waals surface area contributed by atoms with E-state index >= 15 is 0 Å². The van der Waals surface area contributed by atoms with Crippen LogP contribution >= 0.6 is 11.6 Å². The van der Waals surface area contributed by atoms with E-state index in [1.165, 1.54) is 19.2 Å². The number of benzene rings is 2. The first kappa shape index (κ1) is 23.7. The fourth-order valence-corrected chi connectivity index (χ4v) is 5.23. The molecule has 0 bridgehead atoms. The third-order valence-corrected chi connectivity index (χ3v) is 6.89. The molecule has 0 aliphatic carbocycles. The molecule has 2 aromatic rings. The summed E-state index contributed by atoms with van der Waals surface area (Å²) in [6.07, 6.45) is 0.784. The molecule has 0 spiro atoms. The van der Waals surface area contributed by atoms with E-state index in [2.05, 4.69) is 10.2 Å². The summed E-state index contributed by atoms with van der Waals surface area (Å²) in [6.45, 7) is 3.86. The maximum atomic E-state index is 14.2. The molecule has 2 saturated heterocycles. The van der Waals surface area contributed by atoms with Gasteiger partial charge in [0.15, 0.2) is 0 Å². The van der Waals surface area contributed by atoms with Crippen LogP contribution in [0.5, 0.6) is 0 Å². The summed E-state index contributed by atoms with van der Waals surface area (Å²) < 4.78 is 19.1. The van der Waals surface area contributed by atoms with Gasteiger partial charge in [-0.05, 0) is 36.0 Å². The van der Waals surface area contributed by atoms with Crippen molar-refractivity contribution in [2.75, 3.05) is 46.4 Å². The highest BCUT2D eigenvalue weighted by Gasteiger charge is 2.42. The molecular formula is C25H29ClFN3O3. The van der Waals surface area contributed by atoms with Crippen molar-refractivity contribution in [1.29, 1.82) is 0 Å². The zero-order valence-electron chi connectivity index (χ0n) is 18.7. The molecule has 6 nitrogen and oxygen atoms in total. The van der Waals surface area contributed by atoms with Gasteiger partial charge in [0, 0.05) is 39.8 Å². The summed E-state index contributed by atoms with van der Waals surface area (Å²) in [7, 11) is 1.51. The number of fused-ring (bicyclic) bond motifs is 1. The zero-order chi connectivity index (χ0) is 23.4. The quantitative estimate of drug-likeness (QED) is 0.638. The number of amides is 2. The molecule has 3 atom stereocenters. The average Bonchev–Trinajstić information content (AvgIpc) is 3.36. The number of hydrogen-bond donors (Lipinski definition) is 1. The highest BCUT2D eigenvalue weighted by molar-refractivity contribution is 6.33. The number of carbonyl (C=O) groups is 2. The second-order valence-corrected chi connectivity index (χ2v) is 9.25. The van der Waals surface area contributed by atoms with Crippen LogP contribution in [0.3, 0.4) is 0 Å². The van der Waals surface area contributed by atoms with Crippen molar-refractivity contribution in [2.45, 2.75) is 12.5 Å². The lowest BCUT2D eigenvalue weighted by Gasteiger charge is -2.25. The minimum absolute atomic E-state index is 0.0338. The van der Waals surface area contributed by atoms with Crippen molar-refractivity contribution in [3.05, 3.63) is 70.5 Å². The molecule has 0 saturated carbocycles. The van der Waals surface area contributed by atoms with Crippen molar-refractivity contribution in [3.8, 4) is 0 Å². The molecule has 0 radical (unpaired) electrons. The first-order chi connectivity index (χ1) is 16.0. The topological polar surface area (TPSA) is 61.9 Å². The van der Waals surface area contributed by atoms with Crippen molar-refractivity contribution >= 4 is 23.4 Å². The van der Waals surface area contributed by atoms with Crippen molar-refractivity contribution < 1.29 is 18.7 Å². The Morgan fingerprint density at radius 2 is 1.79 bits per heavy atom. The molecular weight excluding hydrogens is 445 g/mol. The third-order valence-electron chi connectivity index (χ3n) is 6.57. The van der Waals surface area contributed by atoms with Crippen LogP contribution in [0.4, 0.5) is 4.39 Å². The number of nitrogens with zero attached hydrogens (tertiary/aromatic N) is 2. The predicted octanol–water partition coefficient (Wildman–Crippen LogP) is 3.38. The third kappa shape index (κ3) is 5.54. The first-order valence-electron chi connectivity index (χ1n) is 11.2. The van der Waals surface area contributed by atoms with Gasteiger partial charge in [-0.2, -0.15) is 0 Å². The molecule has 0 aromatic heterocycles. The molecule has 2 fully saturated rings. The number of halogens is 2. The molecule has 4 rings (SSSR count). The van der Waals surface area contributed by atoms with Gasteiger partial charge in [0.25, 0.3) is 5.91 Å². The van der Waals surface area contributed by atoms with Crippen LogP contribution in [0.2, 0.25) is 5.02 Å². The van der Waals surface area contributed by atoms with Crippen molar-refractivity contribution in [3.63, 3.8) is 0 Å². The average molecular weight is 474 g/mol. The van der Waals surface area contributed by atoms with E-state index in [1.807, 2.05) is 30.3 Å². The van der Waals surface area contributed by atoms with Crippen molar-refractivity contribution in [2.24, 2.45) is 11.8 Å². The van der Waals surface area contributed by atoms with Gasteiger partial charge >= 0.3 is 0 Å². The van der Waals surface area contributed by atoms with E-state index in [4.69, 9.17) is 16.3 Å². The number of ether oxygens (including phenoxy) is 1. The minimum atomic E-state index is -0.575. The van der Waals surface area contributed by atoms with Crippen LogP contribution in [0.15, 0.2) is 48.5 Å². The summed E-state index contributed by atoms with van der Waals surface area (Å²) in [5, 5.41) is 3.22. The monoisotopic (exact) mass is 473 g/mol. The van der Waals surface area contributed by atoms with Gasteiger partial charge in [0.1, 0.15) is 12.4 Å². The minimum Gasteiger partial charge on any atom is -0.375 e. The smallest absolute Gasteiger partial charge is 0.258 e. The van der Waals surface area contributed by atoms with Gasteiger partial charge < -0.3 is 19.9 Å². The predicted molar refractivity (Wildman–Crippen MR) is 125 cm³/mol. The van der Waals surface area contributed by atoms with E-state index in [9.17, 15) is 14.0 Å². The highest BCUT2D eigenvalue weighted by Crippen LogP contribution is 2.33. The van der Waals surface area contributed by atoms with Crippen LogP contribution in [-0.4, -0.2) is 68.1 Å². The Morgan fingerprint density at radius 3 is 2.42 bits per heavy atom. The van der Waals surface area contributed by atoms with Gasteiger partial charge in [-0.1, -0.05) is 48.0 Å². The van der Waals surface area contributed by atoms with Crippen LogP contribution in [0.25, 0.3) is 0 Å². The lowest BCUT2D eigenvalue weighted by atomic mass is 10.0. The molecule has 2 aromatic carbocycles. The Morgan fingerprint density at radius 1 is 1.09 bits per heavy atom. The summed E-state index contributed by atoms with van der Waals surface area (Å²) in [5.74, 6) is -0.321. The Hall–Kier alpha value is -2.48. The fraction of sp³-hybridized carbons (Fsp3) is 0.440. The van der Waals surface area contributed by atoms with Crippen molar-refractivity contribution in [1.82, 2.24) is 15.1 Å². The second-order valence-electron chi connectivity index (χ2n) is 8.84. The molecule has 33 heavy (non-hydrogen) atoms. The van der Waals surface area contributed by atoms with E-state index in [0.29, 0.717) is 24.9 Å². The highest BCUT2D eigenvalue weighted by atomic mass is 35.5. The molecule has 2 amide bonds. The number of rotatable bonds is 8. The number of methoxy groups -OCH3 is 1. The summed E-state index contributed by atoms with van der Waals surface area (Å²) >= 11 is 6.09. The fourth-order valence-electron chi connectivity index (χ4n) is 4.99. The summed E-state index contributed by atoms with van der Waals surface area (Å²) in [4.78, 5) is 29.1. The van der Waals surface area contributed by atoms with Gasteiger partial charge in [0.05, 0.1) is 16.6 Å². The molecule has 2 heterocycles. The Balaban J connectivity index is 1.33. The lowest BCUT2D eigenvalue weighted by molar-refractivity contribution is -0.125. The second kappa shape index (κ2) is 10.6. The Labute approximate surface area is 198 Å². The maximum Gasteiger partial charge on any atom is 0.258 e. The van der Waals surface area contributed by atoms with Crippen LogP contribution in [-0.2, 0) is 9.53 Å². The number of nitrogens with one attached hydrogen (secondary N) is 1. The normalized spacial score (nSPS) is 21.1. The first-order valence-corrected chi connectivity index (χ1v) is 11.6. The Bertz CT molecular complexity index is 956. The van der Waals surface area contributed by atoms with Gasteiger partial charge in [-0.3, -0.25) is 9.59 Å². The number of hydrogen-bond acceptors (Lipinski definition) is 4. The molecule has 2 aliphatic heterocycles. The van der Waals surface area contributed by atoms with Gasteiger partial charge in [-0.15, -0.1) is 0 Å². The van der Waals surface area contributed by atoms with E-state index < -0.39 is 5.82 Å². The number of likely N-dealkylation sites (tertiary alicyclic amines) is 2. The standard InChI is InChI=1S/C25H29ClFN3O3/c1-33-16-23(31)28-22(17-6-3-2-4-7-17)10-11-29-12-18-14-30(15-19(18)13-29)25(32)24-20(26)8-5-9-21(24)27/h2-9,18-19,22H,10-16H2,1H3,(H,28,31). The van der Waals surface area contributed by atoms with Crippen LogP contribution in [0.1, 0.15) is 28.4 Å². The summed E-state index contributed by atoms with van der Waals surface area (Å²) in [5.41, 5.74) is 1.04. The van der Waals surface area contributed by atoms with E-state index in [-0.39, 0.29) is 35.0 Å². The number of carbonyl (C=O) groups excluding carboxylic acids is 2. The van der Waals surface area contributed by atoms with Gasteiger partial charge in [0.2, 0.25) is 5.91 Å². The molecule has 2 aliphatic rings. The maximum absolute atomic E-state index is 14.2. The Kier molecular flexibility index (Phi) is 7.63. The lowest BCUT2D eigenvalue weighted by Crippen LogP contribution is -2.36. The van der Waals surface area contributed by atoms with Gasteiger partial charge in [-0.25, -0.2) is 4.39 Å². The van der Waals surface area contributed by atoms with Crippen LogP contribution in [0, 0.1) is 17.7 Å². The zero-order valence-corrected chi connectivity index (χ0v) is 19.4. The molecule has 3 unspecified atom stereocenters.